The molecule has 0 aromatic heterocycles. The molecule has 0 aliphatic carbocycles. The number of piperidine rings is 1. The molecule has 0 spiro atoms. The molecular weight excluding hydrogens is 204 g/mol. The Labute approximate surface area is 97.4 Å². The van der Waals surface area contributed by atoms with Crippen LogP contribution in [0.4, 0.5) is 0 Å². The maximum absolute atomic E-state index is 11.6. The summed E-state index contributed by atoms with van der Waals surface area (Å²) in [5, 5.41) is 3.03. The quantitative estimate of drug-likeness (QED) is 0.772. The average Bonchev–Trinajstić information content (AvgIpc) is 2.19. The predicted octanol–water partition coefficient (Wildman–Crippen LogP) is 0.812. The van der Waals surface area contributed by atoms with Crippen LogP contribution in [0.3, 0.4) is 0 Å². The lowest BCUT2D eigenvalue weighted by molar-refractivity contribution is -0.125. The van der Waals surface area contributed by atoms with E-state index in [0.717, 1.165) is 19.5 Å². The monoisotopic (exact) mass is 226 g/mol. The molecule has 2 unspecified atom stereocenters. The SMILES string of the molecule is CC(=O)CCC(=O)NC1CCN(C)CC1C. The number of amides is 1. The van der Waals surface area contributed by atoms with Crippen molar-refractivity contribution in [1.82, 2.24) is 10.2 Å². The first-order valence-electron chi connectivity index (χ1n) is 5.96. The van der Waals surface area contributed by atoms with Crippen molar-refractivity contribution in [3.8, 4) is 0 Å². The summed E-state index contributed by atoms with van der Waals surface area (Å²) in [5.74, 6) is 0.572. The summed E-state index contributed by atoms with van der Waals surface area (Å²) < 4.78 is 0. The van der Waals surface area contributed by atoms with E-state index in [1.165, 1.54) is 6.92 Å². The topological polar surface area (TPSA) is 49.4 Å². The lowest BCUT2D eigenvalue weighted by atomic mass is 9.94. The van der Waals surface area contributed by atoms with Gasteiger partial charge in [0, 0.05) is 25.4 Å². The van der Waals surface area contributed by atoms with Crippen molar-refractivity contribution in [3.63, 3.8) is 0 Å². The second-order valence-corrected chi connectivity index (χ2v) is 4.90. The van der Waals surface area contributed by atoms with Crippen molar-refractivity contribution in [2.75, 3.05) is 20.1 Å². The highest BCUT2D eigenvalue weighted by Gasteiger charge is 2.25. The summed E-state index contributed by atoms with van der Waals surface area (Å²) in [6.07, 6.45) is 1.69. The van der Waals surface area contributed by atoms with Crippen molar-refractivity contribution in [2.45, 2.75) is 39.2 Å². The molecule has 1 amide bonds. The third-order valence-electron chi connectivity index (χ3n) is 3.16. The Morgan fingerprint density at radius 1 is 1.38 bits per heavy atom. The van der Waals surface area contributed by atoms with Gasteiger partial charge in [0.1, 0.15) is 5.78 Å². The van der Waals surface area contributed by atoms with Crippen LogP contribution in [0.2, 0.25) is 0 Å². The van der Waals surface area contributed by atoms with E-state index in [1.807, 2.05) is 0 Å². The number of rotatable bonds is 4. The highest BCUT2D eigenvalue weighted by atomic mass is 16.2. The van der Waals surface area contributed by atoms with E-state index in [-0.39, 0.29) is 17.7 Å². The smallest absolute Gasteiger partial charge is 0.220 e. The van der Waals surface area contributed by atoms with Crippen molar-refractivity contribution < 1.29 is 9.59 Å². The Morgan fingerprint density at radius 2 is 2.06 bits per heavy atom. The van der Waals surface area contributed by atoms with Gasteiger partial charge >= 0.3 is 0 Å². The molecule has 1 aliphatic rings. The van der Waals surface area contributed by atoms with Crippen LogP contribution in [-0.2, 0) is 9.59 Å². The number of hydrogen-bond donors (Lipinski definition) is 1. The number of likely N-dealkylation sites (tertiary alicyclic amines) is 1. The minimum Gasteiger partial charge on any atom is -0.353 e. The van der Waals surface area contributed by atoms with Crippen molar-refractivity contribution in [1.29, 1.82) is 0 Å². The number of nitrogens with one attached hydrogen (secondary N) is 1. The van der Waals surface area contributed by atoms with E-state index < -0.39 is 0 Å². The molecule has 1 N–H and O–H groups in total. The summed E-state index contributed by atoms with van der Waals surface area (Å²) in [5.41, 5.74) is 0. The van der Waals surface area contributed by atoms with Gasteiger partial charge in [-0.25, -0.2) is 0 Å². The van der Waals surface area contributed by atoms with Crippen LogP contribution < -0.4 is 5.32 Å². The van der Waals surface area contributed by atoms with Gasteiger partial charge in [-0.1, -0.05) is 6.92 Å². The van der Waals surface area contributed by atoms with Gasteiger partial charge in [-0.05, 0) is 32.9 Å². The highest BCUT2D eigenvalue weighted by molar-refractivity contribution is 5.83. The maximum Gasteiger partial charge on any atom is 0.220 e. The van der Waals surface area contributed by atoms with Crippen LogP contribution in [0.15, 0.2) is 0 Å². The van der Waals surface area contributed by atoms with Gasteiger partial charge < -0.3 is 15.0 Å². The summed E-state index contributed by atoms with van der Waals surface area (Å²) in [7, 11) is 2.10. The van der Waals surface area contributed by atoms with Crippen LogP contribution >= 0.6 is 0 Å². The Bertz CT molecular complexity index is 266. The molecule has 1 rings (SSSR count). The van der Waals surface area contributed by atoms with Crippen LogP contribution in [0.25, 0.3) is 0 Å². The molecule has 0 saturated carbocycles. The molecule has 4 nitrogen and oxygen atoms in total. The molecule has 1 fully saturated rings. The Balaban J connectivity index is 2.30. The number of Topliss-reactive ketones (excluding diaryl/α,β-unsaturated/α-hetero) is 1. The van der Waals surface area contributed by atoms with Crippen LogP contribution in [0.5, 0.6) is 0 Å². The first kappa shape index (κ1) is 13.2. The minimum atomic E-state index is 0.0107. The van der Waals surface area contributed by atoms with Gasteiger partial charge in [0.05, 0.1) is 0 Å². The largest absolute Gasteiger partial charge is 0.353 e. The second kappa shape index (κ2) is 5.99. The molecule has 16 heavy (non-hydrogen) atoms. The fourth-order valence-corrected chi connectivity index (χ4v) is 2.14. The van der Waals surface area contributed by atoms with Gasteiger partial charge in [-0.15, -0.1) is 0 Å². The first-order chi connectivity index (χ1) is 7.49. The summed E-state index contributed by atoms with van der Waals surface area (Å²) in [4.78, 5) is 24.6. The van der Waals surface area contributed by atoms with Gasteiger partial charge in [-0.2, -0.15) is 0 Å². The molecule has 0 radical (unpaired) electrons. The Morgan fingerprint density at radius 3 is 2.62 bits per heavy atom. The number of nitrogens with zero attached hydrogens (tertiary/aromatic N) is 1. The van der Waals surface area contributed by atoms with Crippen LogP contribution in [-0.4, -0.2) is 42.8 Å². The summed E-state index contributed by atoms with van der Waals surface area (Å²) in [6.45, 7) is 5.73. The molecular formula is C12H22N2O2. The zero-order valence-corrected chi connectivity index (χ0v) is 10.5. The number of ketones is 1. The van der Waals surface area contributed by atoms with E-state index in [9.17, 15) is 9.59 Å². The molecule has 0 aromatic rings. The third-order valence-corrected chi connectivity index (χ3v) is 3.16. The molecule has 1 saturated heterocycles. The van der Waals surface area contributed by atoms with Gasteiger partial charge in [0.15, 0.2) is 0 Å². The Kier molecular flexibility index (Phi) is 4.93. The highest BCUT2D eigenvalue weighted by Crippen LogP contribution is 2.15. The molecule has 92 valence electrons. The third kappa shape index (κ3) is 4.31. The van der Waals surface area contributed by atoms with E-state index in [4.69, 9.17) is 0 Å². The first-order valence-corrected chi connectivity index (χ1v) is 5.96. The van der Waals surface area contributed by atoms with Gasteiger partial charge in [0.25, 0.3) is 0 Å². The van der Waals surface area contributed by atoms with Crippen molar-refractivity contribution in [3.05, 3.63) is 0 Å². The maximum atomic E-state index is 11.6. The van der Waals surface area contributed by atoms with Gasteiger partial charge in [-0.3, -0.25) is 4.79 Å². The fourth-order valence-electron chi connectivity index (χ4n) is 2.14. The second-order valence-electron chi connectivity index (χ2n) is 4.90. The fraction of sp³-hybridized carbons (Fsp3) is 0.833. The van der Waals surface area contributed by atoms with Crippen molar-refractivity contribution >= 4 is 11.7 Å². The molecule has 4 heteroatoms. The molecule has 0 aromatic carbocycles. The molecule has 0 bridgehead atoms. The number of carbonyl (C=O) groups is 2. The van der Waals surface area contributed by atoms with Crippen molar-refractivity contribution in [2.24, 2.45) is 5.92 Å². The van der Waals surface area contributed by atoms with E-state index in [0.29, 0.717) is 18.8 Å². The lowest BCUT2D eigenvalue weighted by Crippen LogP contribution is -2.48. The predicted molar refractivity (Wildman–Crippen MR) is 63.1 cm³/mol. The minimum absolute atomic E-state index is 0.0107. The zero-order chi connectivity index (χ0) is 12.1. The Hall–Kier alpha value is -0.900. The molecule has 1 heterocycles. The van der Waals surface area contributed by atoms with Crippen LogP contribution in [0.1, 0.15) is 33.1 Å². The summed E-state index contributed by atoms with van der Waals surface area (Å²) in [6, 6.07) is 0.274. The zero-order valence-electron chi connectivity index (χ0n) is 10.5. The van der Waals surface area contributed by atoms with E-state index >= 15 is 0 Å². The van der Waals surface area contributed by atoms with Gasteiger partial charge in [0.2, 0.25) is 5.91 Å². The van der Waals surface area contributed by atoms with E-state index in [2.05, 4.69) is 24.2 Å². The molecule has 2 atom stereocenters. The standard InChI is InChI=1S/C12H22N2O2/c1-9-8-14(3)7-6-11(9)13-12(16)5-4-10(2)15/h9,11H,4-8H2,1-3H3,(H,13,16). The van der Waals surface area contributed by atoms with E-state index in [1.54, 1.807) is 0 Å². The average molecular weight is 226 g/mol. The number of carbonyl (C=O) groups excluding carboxylic acids is 2. The summed E-state index contributed by atoms with van der Waals surface area (Å²) >= 11 is 0. The normalized spacial score (nSPS) is 26.4. The molecule has 1 aliphatic heterocycles. The lowest BCUT2D eigenvalue weighted by Gasteiger charge is -2.35. The van der Waals surface area contributed by atoms with Crippen LogP contribution in [0, 0.1) is 5.92 Å². The number of hydrogen-bond acceptors (Lipinski definition) is 3.